The fourth-order valence-electron chi connectivity index (χ4n) is 1.33. The number of aryl methyl sites for hydroxylation is 1. The SMILES string of the molecule is CCC(=O)Nc1ccc(C)cc1OCCOC. The Balaban J connectivity index is 2.76. The smallest absolute Gasteiger partial charge is 0.224 e. The monoisotopic (exact) mass is 237 g/mol. The van der Waals surface area contributed by atoms with Gasteiger partial charge in [0.2, 0.25) is 5.91 Å². The van der Waals surface area contributed by atoms with Crippen LogP contribution in [0.2, 0.25) is 0 Å². The third-order valence-electron chi connectivity index (χ3n) is 2.28. The van der Waals surface area contributed by atoms with E-state index in [-0.39, 0.29) is 5.91 Å². The Morgan fingerprint density at radius 1 is 1.35 bits per heavy atom. The van der Waals surface area contributed by atoms with Gasteiger partial charge in [-0.3, -0.25) is 4.79 Å². The minimum Gasteiger partial charge on any atom is -0.489 e. The van der Waals surface area contributed by atoms with Crippen LogP contribution in [0.1, 0.15) is 18.9 Å². The van der Waals surface area contributed by atoms with Crippen LogP contribution in [0.15, 0.2) is 18.2 Å². The number of carbonyl (C=O) groups excluding carboxylic acids is 1. The first kappa shape index (κ1) is 13.5. The summed E-state index contributed by atoms with van der Waals surface area (Å²) >= 11 is 0. The van der Waals surface area contributed by atoms with Gasteiger partial charge in [0, 0.05) is 13.5 Å². The molecule has 1 N–H and O–H groups in total. The van der Waals surface area contributed by atoms with Crippen molar-refractivity contribution in [3.8, 4) is 5.75 Å². The van der Waals surface area contributed by atoms with Crippen LogP contribution in [-0.2, 0) is 9.53 Å². The van der Waals surface area contributed by atoms with Gasteiger partial charge in [-0.25, -0.2) is 0 Å². The first-order chi connectivity index (χ1) is 8.17. The maximum Gasteiger partial charge on any atom is 0.224 e. The number of amides is 1. The summed E-state index contributed by atoms with van der Waals surface area (Å²) in [6.45, 7) is 4.79. The standard InChI is InChI=1S/C13H19NO3/c1-4-13(15)14-11-6-5-10(2)9-12(11)17-8-7-16-3/h5-6,9H,4,7-8H2,1-3H3,(H,14,15). The highest BCUT2D eigenvalue weighted by Crippen LogP contribution is 2.25. The van der Waals surface area contributed by atoms with Crippen LogP contribution >= 0.6 is 0 Å². The van der Waals surface area contributed by atoms with Crippen molar-refractivity contribution in [3.05, 3.63) is 23.8 Å². The number of benzene rings is 1. The van der Waals surface area contributed by atoms with E-state index < -0.39 is 0 Å². The van der Waals surface area contributed by atoms with Crippen LogP contribution in [0, 0.1) is 6.92 Å². The van der Waals surface area contributed by atoms with Crippen LogP contribution in [-0.4, -0.2) is 26.2 Å². The molecule has 1 aromatic rings. The normalized spacial score (nSPS) is 10.1. The van der Waals surface area contributed by atoms with Crippen molar-refractivity contribution in [1.29, 1.82) is 0 Å². The first-order valence-corrected chi connectivity index (χ1v) is 5.69. The molecule has 1 rings (SSSR count). The molecule has 0 heterocycles. The molecule has 1 aromatic carbocycles. The summed E-state index contributed by atoms with van der Waals surface area (Å²) in [7, 11) is 1.62. The van der Waals surface area contributed by atoms with Gasteiger partial charge in [-0.05, 0) is 24.6 Å². The average Bonchev–Trinajstić information content (AvgIpc) is 2.32. The molecule has 0 aliphatic rings. The number of nitrogens with one attached hydrogen (secondary N) is 1. The van der Waals surface area contributed by atoms with Gasteiger partial charge in [0.25, 0.3) is 0 Å². The van der Waals surface area contributed by atoms with Gasteiger partial charge in [0.1, 0.15) is 12.4 Å². The number of carbonyl (C=O) groups is 1. The Hall–Kier alpha value is -1.55. The predicted octanol–water partition coefficient (Wildman–Crippen LogP) is 2.37. The molecule has 0 saturated heterocycles. The lowest BCUT2D eigenvalue weighted by Gasteiger charge is -2.12. The summed E-state index contributed by atoms with van der Waals surface area (Å²) in [4.78, 5) is 11.4. The second kappa shape index (κ2) is 6.91. The molecule has 0 radical (unpaired) electrons. The van der Waals surface area contributed by atoms with Crippen LogP contribution in [0.4, 0.5) is 5.69 Å². The second-order valence-electron chi connectivity index (χ2n) is 3.74. The van der Waals surface area contributed by atoms with Crippen molar-refractivity contribution in [3.63, 3.8) is 0 Å². The maximum absolute atomic E-state index is 11.4. The lowest BCUT2D eigenvalue weighted by Crippen LogP contribution is -2.12. The minimum atomic E-state index is -0.0227. The molecule has 1 amide bonds. The molecule has 94 valence electrons. The molecule has 4 heteroatoms. The van der Waals surface area contributed by atoms with Crippen molar-refractivity contribution in [1.82, 2.24) is 0 Å². The molecule has 0 aromatic heterocycles. The number of ether oxygens (including phenoxy) is 2. The van der Waals surface area contributed by atoms with E-state index in [9.17, 15) is 4.79 Å². The third-order valence-corrected chi connectivity index (χ3v) is 2.28. The zero-order chi connectivity index (χ0) is 12.7. The van der Waals surface area contributed by atoms with E-state index in [0.29, 0.717) is 31.1 Å². The Morgan fingerprint density at radius 2 is 2.12 bits per heavy atom. The highest BCUT2D eigenvalue weighted by Gasteiger charge is 2.06. The number of hydrogen-bond donors (Lipinski definition) is 1. The summed E-state index contributed by atoms with van der Waals surface area (Å²) in [5, 5.41) is 2.81. The zero-order valence-electron chi connectivity index (χ0n) is 10.6. The van der Waals surface area contributed by atoms with Crippen LogP contribution in [0.3, 0.4) is 0 Å². The minimum absolute atomic E-state index is 0.0227. The van der Waals surface area contributed by atoms with Crippen molar-refractivity contribution in [2.24, 2.45) is 0 Å². The summed E-state index contributed by atoms with van der Waals surface area (Å²) in [6.07, 6.45) is 0.450. The molecular weight excluding hydrogens is 218 g/mol. The largest absolute Gasteiger partial charge is 0.489 e. The van der Waals surface area contributed by atoms with Crippen LogP contribution in [0.25, 0.3) is 0 Å². The number of methoxy groups -OCH3 is 1. The predicted molar refractivity (Wildman–Crippen MR) is 67.5 cm³/mol. The second-order valence-corrected chi connectivity index (χ2v) is 3.74. The Kier molecular flexibility index (Phi) is 5.49. The Morgan fingerprint density at radius 3 is 2.76 bits per heavy atom. The Bertz CT molecular complexity index is 377. The van der Waals surface area contributed by atoms with E-state index in [2.05, 4.69) is 5.32 Å². The third kappa shape index (κ3) is 4.44. The van der Waals surface area contributed by atoms with Crippen LogP contribution in [0.5, 0.6) is 5.75 Å². The van der Waals surface area contributed by atoms with Gasteiger partial charge in [-0.2, -0.15) is 0 Å². The van der Waals surface area contributed by atoms with E-state index in [1.807, 2.05) is 32.0 Å². The molecule has 0 bridgehead atoms. The molecular formula is C13H19NO3. The van der Waals surface area contributed by atoms with E-state index >= 15 is 0 Å². The van der Waals surface area contributed by atoms with E-state index in [1.165, 1.54) is 0 Å². The van der Waals surface area contributed by atoms with Crippen molar-refractivity contribution >= 4 is 11.6 Å². The highest BCUT2D eigenvalue weighted by atomic mass is 16.5. The molecule has 0 fully saturated rings. The summed E-state index contributed by atoms with van der Waals surface area (Å²) in [5.41, 5.74) is 1.80. The van der Waals surface area contributed by atoms with Crippen molar-refractivity contribution < 1.29 is 14.3 Å². The highest BCUT2D eigenvalue weighted by molar-refractivity contribution is 5.92. The topological polar surface area (TPSA) is 47.6 Å². The fraction of sp³-hybridized carbons (Fsp3) is 0.462. The summed E-state index contributed by atoms with van der Waals surface area (Å²) in [6, 6.07) is 5.69. The number of anilines is 1. The number of hydrogen-bond acceptors (Lipinski definition) is 3. The molecule has 4 nitrogen and oxygen atoms in total. The molecule has 17 heavy (non-hydrogen) atoms. The van der Waals surface area contributed by atoms with Crippen LogP contribution < -0.4 is 10.1 Å². The van der Waals surface area contributed by atoms with Gasteiger partial charge in [0.15, 0.2) is 0 Å². The van der Waals surface area contributed by atoms with Gasteiger partial charge in [-0.1, -0.05) is 13.0 Å². The molecule has 0 atom stereocenters. The van der Waals surface area contributed by atoms with Crippen molar-refractivity contribution in [2.75, 3.05) is 25.6 Å². The summed E-state index contributed by atoms with van der Waals surface area (Å²) in [5.74, 6) is 0.661. The van der Waals surface area contributed by atoms with Gasteiger partial charge in [-0.15, -0.1) is 0 Å². The van der Waals surface area contributed by atoms with Gasteiger partial charge < -0.3 is 14.8 Å². The average molecular weight is 237 g/mol. The molecule has 0 unspecified atom stereocenters. The molecule has 0 saturated carbocycles. The van der Waals surface area contributed by atoms with E-state index in [1.54, 1.807) is 7.11 Å². The zero-order valence-corrected chi connectivity index (χ0v) is 10.6. The molecule has 0 aliphatic heterocycles. The van der Waals surface area contributed by atoms with E-state index in [0.717, 1.165) is 5.56 Å². The molecule has 0 spiro atoms. The maximum atomic E-state index is 11.4. The van der Waals surface area contributed by atoms with Gasteiger partial charge in [0.05, 0.1) is 12.3 Å². The summed E-state index contributed by atoms with van der Waals surface area (Å²) < 4.78 is 10.5. The lowest BCUT2D eigenvalue weighted by atomic mass is 10.2. The number of rotatable bonds is 6. The first-order valence-electron chi connectivity index (χ1n) is 5.69. The van der Waals surface area contributed by atoms with Gasteiger partial charge >= 0.3 is 0 Å². The molecule has 0 aliphatic carbocycles. The quantitative estimate of drug-likeness (QED) is 0.773. The fourth-order valence-corrected chi connectivity index (χ4v) is 1.33. The van der Waals surface area contributed by atoms with Crippen molar-refractivity contribution in [2.45, 2.75) is 20.3 Å². The Labute approximate surface area is 102 Å². The lowest BCUT2D eigenvalue weighted by molar-refractivity contribution is -0.115. The van der Waals surface area contributed by atoms with E-state index in [4.69, 9.17) is 9.47 Å².